The minimum absolute atomic E-state index is 0.0208. The molecule has 1 aliphatic heterocycles. The van der Waals surface area contributed by atoms with Crippen LogP contribution < -0.4 is 10.1 Å². The number of likely N-dealkylation sites (tertiary alicyclic amines) is 1. The Labute approximate surface area is 207 Å². The number of ether oxygens (including phenoxy) is 1. The van der Waals surface area contributed by atoms with Crippen LogP contribution in [0.5, 0.6) is 5.75 Å². The summed E-state index contributed by atoms with van der Waals surface area (Å²) in [5.41, 5.74) is 0.836. The van der Waals surface area contributed by atoms with Gasteiger partial charge >= 0.3 is 0 Å². The lowest BCUT2D eigenvalue weighted by molar-refractivity contribution is -0.144. The number of methoxy groups -OCH3 is 1. The van der Waals surface area contributed by atoms with Crippen LogP contribution in [0.15, 0.2) is 36.4 Å². The number of hydrogen-bond donors (Lipinski definition) is 1. The molecule has 0 bridgehead atoms. The number of carbonyl (C=O) groups is 4. The van der Waals surface area contributed by atoms with E-state index < -0.39 is 6.04 Å². The molecule has 0 radical (unpaired) electrons. The van der Waals surface area contributed by atoms with Gasteiger partial charge in [-0.3, -0.25) is 24.1 Å². The summed E-state index contributed by atoms with van der Waals surface area (Å²) in [7, 11) is 1.58. The zero-order valence-corrected chi connectivity index (χ0v) is 21.0. The number of imide groups is 1. The number of rotatable bonds is 12. The van der Waals surface area contributed by atoms with Crippen molar-refractivity contribution < 1.29 is 23.9 Å². The maximum Gasteiger partial charge on any atom is 0.242 e. The fourth-order valence-corrected chi connectivity index (χ4v) is 4.83. The molecule has 8 heteroatoms. The Morgan fingerprint density at radius 1 is 1.14 bits per heavy atom. The summed E-state index contributed by atoms with van der Waals surface area (Å²) in [6, 6.07) is 6.74. The van der Waals surface area contributed by atoms with Gasteiger partial charge in [-0.25, -0.2) is 0 Å². The van der Waals surface area contributed by atoms with Gasteiger partial charge in [0.2, 0.25) is 23.6 Å². The molecular formula is C27H37N3O5. The monoisotopic (exact) mass is 483 g/mol. The second kappa shape index (κ2) is 12.5. The number of unbranched alkanes of at least 4 members (excludes halogenated alkanes) is 1. The highest BCUT2D eigenvalue weighted by molar-refractivity contribution is 6.05. The minimum Gasteiger partial charge on any atom is -0.497 e. The summed E-state index contributed by atoms with van der Waals surface area (Å²) in [4.78, 5) is 54.9. The molecule has 3 atom stereocenters. The second-order valence-corrected chi connectivity index (χ2v) is 9.18. The topological polar surface area (TPSA) is 96.0 Å². The molecule has 0 saturated carbocycles. The Balaban J connectivity index is 1.75. The van der Waals surface area contributed by atoms with Crippen molar-refractivity contribution in [2.45, 2.75) is 65.0 Å². The summed E-state index contributed by atoms with van der Waals surface area (Å²) in [6.07, 6.45) is 7.27. The van der Waals surface area contributed by atoms with E-state index in [1.807, 2.05) is 43.3 Å². The minimum atomic E-state index is -0.651. The summed E-state index contributed by atoms with van der Waals surface area (Å²) >= 11 is 0. The molecule has 35 heavy (non-hydrogen) atoms. The van der Waals surface area contributed by atoms with Crippen molar-refractivity contribution in [1.82, 2.24) is 15.1 Å². The molecule has 8 nitrogen and oxygen atoms in total. The van der Waals surface area contributed by atoms with Crippen LogP contribution in [0.1, 0.15) is 57.9 Å². The van der Waals surface area contributed by atoms with Gasteiger partial charge in [0.25, 0.3) is 0 Å². The Bertz CT molecular complexity index is 934. The van der Waals surface area contributed by atoms with Gasteiger partial charge in [-0.1, -0.05) is 44.6 Å². The third-order valence-corrected chi connectivity index (χ3v) is 6.85. The van der Waals surface area contributed by atoms with Crippen molar-refractivity contribution in [2.24, 2.45) is 11.8 Å². The lowest BCUT2D eigenvalue weighted by Gasteiger charge is -2.31. The number of hydrogen-bond acceptors (Lipinski definition) is 5. The second-order valence-electron chi connectivity index (χ2n) is 9.18. The lowest BCUT2D eigenvalue weighted by atomic mass is 9.85. The molecule has 0 unspecified atom stereocenters. The molecule has 1 N–H and O–H groups in total. The van der Waals surface area contributed by atoms with Crippen molar-refractivity contribution in [3.8, 4) is 5.75 Å². The maximum absolute atomic E-state index is 13.5. The van der Waals surface area contributed by atoms with Gasteiger partial charge in [0.15, 0.2) is 0 Å². The fourth-order valence-electron chi connectivity index (χ4n) is 4.83. The van der Waals surface area contributed by atoms with Crippen LogP contribution in [0.3, 0.4) is 0 Å². The molecule has 1 aromatic rings. The van der Waals surface area contributed by atoms with Crippen LogP contribution in [0, 0.1) is 11.8 Å². The summed E-state index contributed by atoms with van der Waals surface area (Å²) in [5, 5.41) is 2.94. The van der Waals surface area contributed by atoms with E-state index in [-0.39, 0.29) is 55.0 Å². The summed E-state index contributed by atoms with van der Waals surface area (Å²) in [5.74, 6) is -0.811. The number of benzene rings is 1. The van der Waals surface area contributed by atoms with Crippen LogP contribution in [-0.4, -0.2) is 59.7 Å². The first kappa shape index (κ1) is 26.4. The summed E-state index contributed by atoms with van der Waals surface area (Å²) < 4.78 is 5.31. The molecule has 190 valence electrons. The van der Waals surface area contributed by atoms with Gasteiger partial charge in [-0.05, 0) is 43.4 Å². The standard InChI is InChI=1S/C27H37N3O5/c1-4-6-15-28-25(32)23(5-2)30(18-19-10-9-11-20(17-19)35-3)24(31)14-16-29-26(33)21-12-7-8-13-22(21)27(29)34/h7-11,17,21-23H,4-6,12-16,18H2,1-3H3,(H,28,32)/t21-,22+,23-/m0/s1. The van der Waals surface area contributed by atoms with Crippen LogP contribution in [0.25, 0.3) is 0 Å². The Morgan fingerprint density at radius 3 is 2.43 bits per heavy atom. The van der Waals surface area contributed by atoms with Gasteiger partial charge in [0, 0.05) is 26.1 Å². The highest BCUT2D eigenvalue weighted by atomic mass is 16.5. The van der Waals surface area contributed by atoms with Gasteiger partial charge in [-0.15, -0.1) is 0 Å². The quantitative estimate of drug-likeness (QED) is 0.280. The summed E-state index contributed by atoms with van der Waals surface area (Å²) in [6.45, 7) is 4.75. The van der Waals surface area contributed by atoms with E-state index in [9.17, 15) is 19.2 Å². The molecule has 0 aromatic heterocycles. The Morgan fingerprint density at radius 2 is 1.83 bits per heavy atom. The van der Waals surface area contributed by atoms with E-state index in [1.54, 1.807) is 12.0 Å². The number of fused-ring (bicyclic) bond motifs is 1. The van der Waals surface area contributed by atoms with Crippen molar-refractivity contribution in [1.29, 1.82) is 0 Å². The first-order valence-corrected chi connectivity index (χ1v) is 12.6. The first-order chi connectivity index (χ1) is 16.9. The van der Waals surface area contributed by atoms with Crippen LogP contribution in [-0.2, 0) is 25.7 Å². The van der Waals surface area contributed by atoms with Crippen LogP contribution in [0.4, 0.5) is 0 Å². The SMILES string of the molecule is CCCCNC(=O)[C@H](CC)N(Cc1cccc(OC)c1)C(=O)CCN1C(=O)[C@H]2CC=CC[C@H]2C1=O. The highest BCUT2D eigenvalue weighted by Crippen LogP contribution is 2.35. The number of nitrogens with one attached hydrogen (secondary N) is 1. The smallest absolute Gasteiger partial charge is 0.242 e. The highest BCUT2D eigenvalue weighted by Gasteiger charge is 2.47. The largest absolute Gasteiger partial charge is 0.497 e. The van der Waals surface area contributed by atoms with Crippen LogP contribution in [0.2, 0.25) is 0 Å². The molecule has 1 aliphatic carbocycles. The number of allylic oxidation sites excluding steroid dienone is 2. The van der Waals surface area contributed by atoms with Crippen molar-refractivity contribution in [3.63, 3.8) is 0 Å². The van der Waals surface area contributed by atoms with Gasteiger partial charge < -0.3 is 15.0 Å². The molecule has 1 fully saturated rings. The molecule has 0 spiro atoms. The van der Waals surface area contributed by atoms with E-state index in [1.165, 1.54) is 4.90 Å². The van der Waals surface area contributed by atoms with Gasteiger partial charge in [0.1, 0.15) is 11.8 Å². The number of amides is 4. The van der Waals surface area contributed by atoms with E-state index in [4.69, 9.17) is 4.74 Å². The van der Waals surface area contributed by atoms with Crippen molar-refractivity contribution in [2.75, 3.05) is 20.2 Å². The van der Waals surface area contributed by atoms with E-state index in [0.717, 1.165) is 18.4 Å². The molecule has 3 rings (SSSR count). The number of carbonyl (C=O) groups excluding carboxylic acids is 4. The van der Waals surface area contributed by atoms with E-state index in [2.05, 4.69) is 12.2 Å². The third kappa shape index (κ3) is 6.29. The van der Waals surface area contributed by atoms with E-state index in [0.29, 0.717) is 31.6 Å². The maximum atomic E-state index is 13.5. The van der Waals surface area contributed by atoms with Crippen molar-refractivity contribution in [3.05, 3.63) is 42.0 Å². The number of nitrogens with zero attached hydrogens (tertiary/aromatic N) is 2. The average molecular weight is 484 g/mol. The van der Waals surface area contributed by atoms with Crippen LogP contribution >= 0.6 is 0 Å². The Kier molecular flexibility index (Phi) is 9.46. The first-order valence-electron chi connectivity index (χ1n) is 12.6. The zero-order chi connectivity index (χ0) is 25.4. The molecule has 1 aromatic carbocycles. The van der Waals surface area contributed by atoms with Crippen molar-refractivity contribution >= 4 is 23.6 Å². The Hall–Kier alpha value is -3.16. The molecule has 1 saturated heterocycles. The average Bonchev–Trinajstić information content (AvgIpc) is 3.12. The van der Waals surface area contributed by atoms with Gasteiger partial charge in [0.05, 0.1) is 18.9 Å². The lowest BCUT2D eigenvalue weighted by Crippen LogP contribution is -2.49. The normalized spacial score (nSPS) is 19.9. The zero-order valence-electron chi connectivity index (χ0n) is 21.0. The van der Waals surface area contributed by atoms with Gasteiger partial charge in [-0.2, -0.15) is 0 Å². The third-order valence-electron chi connectivity index (χ3n) is 6.85. The molecule has 2 aliphatic rings. The molecule has 1 heterocycles. The predicted molar refractivity (Wildman–Crippen MR) is 132 cm³/mol. The van der Waals surface area contributed by atoms with E-state index >= 15 is 0 Å². The fraction of sp³-hybridized carbons (Fsp3) is 0.556. The predicted octanol–water partition coefficient (Wildman–Crippen LogP) is 3.06. The molecule has 4 amide bonds. The molecular weight excluding hydrogens is 446 g/mol.